The van der Waals surface area contributed by atoms with Gasteiger partial charge in [-0.25, -0.2) is 15.0 Å². The first-order chi connectivity index (χ1) is 16.8. The van der Waals surface area contributed by atoms with Gasteiger partial charge in [-0.05, 0) is 67.9 Å². The molecule has 9 heteroatoms. The summed E-state index contributed by atoms with van der Waals surface area (Å²) in [5.41, 5.74) is 3.31. The standard InChI is InChI=1S/C25H29N7S2/c1-20(34-32-19-29-21-7-2-3-8-22(21)32)24-23(9-4-10-26-24)33-18-6-13-30-14-16-31(17-15-30)25-27-11-5-12-28-25/h2-5,7-12,19-20H,6,13-18H2,1H3. The number of hydrogen-bond acceptors (Lipinski definition) is 8. The van der Waals surface area contributed by atoms with Crippen LogP contribution in [0.2, 0.25) is 0 Å². The summed E-state index contributed by atoms with van der Waals surface area (Å²) in [6.07, 6.45) is 8.60. The fourth-order valence-electron chi connectivity index (χ4n) is 4.17. The van der Waals surface area contributed by atoms with E-state index in [2.05, 4.69) is 59.9 Å². The van der Waals surface area contributed by atoms with Crippen molar-refractivity contribution in [3.05, 3.63) is 73.1 Å². The Balaban J connectivity index is 1.11. The number of benzene rings is 1. The monoisotopic (exact) mass is 491 g/mol. The molecule has 1 atom stereocenters. The van der Waals surface area contributed by atoms with E-state index in [4.69, 9.17) is 4.98 Å². The van der Waals surface area contributed by atoms with Gasteiger partial charge in [-0.2, -0.15) is 0 Å². The topological polar surface area (TPSA) is 63.0 Å². The largest absolute Gasteiger partial charge is 0.338 e. The van der Waals surface area contributed by atoms with Crippen LogP contribution in [0.1, 0.15) is 24.3 Å². The lowest BCUT2D eigenvalue weighted by Gasteiger charge is -2.34. The Kier molecular flexibility index (Phi) is 7.62. The van der Waals surface area contributed by atoms with Crippen LogP contribution in [0.25, 0.3) is 11.0 Å². The van der Waals surface area contributed by atoms with Gasteiger partial charge in [0.25, 0.3) is 0 Å². The molecule has 4 aromatic rings. The van der Waals surface area contributed by atoms with E-state index in [-0.39, 0.29) is 5.25 Å². The molecule has 1 unspecified atom stereocenters. The van der Waals surface area contributed by atoms with E-state index in [0.29, 0.717) is 0 Å². The Morgan fingerprint density at radius 3 is 2.53 bits per heavy atom. The predicted octanol–water partition coefficient (Wildman–Crippen LogP) is 4.78. The summed E-state index contributed by atoms with van der Waals surface area (Å²) < 4.78 is 2.16. The van der Waals surface area contributed by atoms with Crippen LogP contribution < -0.4 is 4.90 Å². The number of para-hydroxylation sites is 2. The molecule has 3 aromatic heterocycles. The van der Waals surface area contributed by atoms with Crippen LogP contribution in [-0.2, 0) is 0 Å². The molecule has 0 amide bonds. The van der Waals surface area contributed by atoms with E-state index >= 15 is 0 Å². The second kappa shape index (κ2) is 11.2. The summed E-state index contributed by atoms with van der Waals surface area (Å²) in [7, 11) is 0. The lowest BCUT2D eigenvalue weighted by atomic mass is 10.3. The third kappa shape index (κ3) is 5.54. The van der Waals surface area contributed by atoms with E-state index in [1.165, 1.54) is 4.90 Å². The van der Waals surface area contributed by atoms with Gasteiger partial charge < -0.3 is 4.90 Å². The molecular formula is C25H29N7S2. The van der Waals surface area contributed by atoms with Crippen LogP contribution in [0.3, 0.4) is 0 Å². The number of aromatic nitrogens is 5. The quantitative estimate of drug-likeness (QED) is 0.245. The van der Waals surface area contributed by atoms with E-state index in [9.17, 15) is 0 Å². The van der Waals surface area contributed by atoms with Gasteiger partial charge in [0.1, 0.15) is 6.33 Å². The van der Waals surface area contributed by atoms with Crippen LogP contribution in [0, 0.1) is 0 Å². The van der Waals surface area contributed by atoms with E-state index in [1.54, 1.807) is 11.9 Å². The summed E-state index contributed by atoms with van der Waals surface area (Å²) in [6, 6.07) is 14.4. The minimum absolute atomic E-state index is 0.231. The fourth-order valence-corrected chi connectivity index (χ4v) is 6.29. The zero-order chi connectivity index (χ0) is 23.2. The Bertz CT molecular complexity index is 1190. The number of hydrogen-bond donors (Lipinski definition) is 0. The lowest BCUT2D eigenvalue weighted by Crippen LogP contribution is -2.47. The number of piperazine rings is 1. The molecule has 5 rings (SSSR count). The van der Waals surface area contributed by atoms with Gasteiger partial charge in [0.05, 0.1) is 22.0 Å². The molecule has 0 spiro atoms. The highest BCUT2D eigenvalue weighted by atomic mass is 32.2. The number of thioether (sulfide) groups is 1. The first-order valence-electron chi connectivity index (χ1n) is 11.7. The highest BCUT2D eigenvalue weighted by Crippen LogP contribution is 2.36. The average Bonchev–Trinajstić information content (AvgIpc) is 3.30. The van der Waals surface area contributed by atoms with Crippen LogP contribution in [0.15, 0.2) is 72.3 Å². The molecule has 1 aromatic carbocycles. The third-order valence-electron chi connectivity index (χ3n) is 5.96. The molecule has 34 heavy (non-hydrogen) atoms. The molecule has 1 aliphatic rings. The number of pyridine rings is 1. The number of anilines is 1. The normalized spacial score (nSPS) is 15.6. The smallest absolute Gasteiger partial charge is 0.225 e. The maximum Gasteiger partial charge on any atom is 0.225 e. The van der Waals surface area contributed by atoms with E-state index < -0.39 is 0 Å². The van der Waals surface area contributed by atoms with Crippen molar-refractivity contribution in [3.63, 3.8) is 0 Å². The molecule has 0 N–H and O–H groups in total. The minimum Gasteiger partial charge on any atom is -0.338 e. The molecular weight excluding hydrogens is 462 g/mol. The molecule has 0 aliphatic carbocycles. The van der Waals surface area contributed by atoms with Crippen molar-refractivity contribution in [1.29, 1.82) is 0 Å². The third-order valence-corrected chi connectivity index (χ3v) is 8.17. The van der Waals surface area contributed by atoms with Gasteiger partial charge in [0, 0.05) is 49.7 Å². The second-order valence-electron chi connectivity index (χ2n) is 8.27. The van der Waals surface area contributed by atoms with Crippen molar-refractivity contribution in [3.8, 4) is 0 Å². The molecule has 1 fully saturated rings. The number of imidazole rings is 1. The van der Waals surface area contributed by atoms with Crippen molar-refractivity contribution in [2.75, 3.05) is 43.4 Å². The van der Waals surface area contributed by atoms with Gasteiger partial charge in [-0.3, -0.25) is 13.9 Å². The molecule has 1 saturated heterocycles. The lowest BCUT2D eigenvalue weighted by molar-refractivity contribution is 0.258. The SMILES string of the molecule is CC(Sn1cnc2ccccc21)c1ncccc1SCCCN1CCN(c2ncccn2)CC1. The Labute approximate surface area is 209 Å². The van der Waals surface area contributed by atoms with Crippen molar-refractivity contribution < 1.29 is 0 Å². The summed E-state index contributed by atoms with van der Waals surface area (Å²) in [5.74, 6) is 1.93. The minimum atomic E-state index is 0.231. The molecule has 7 nitrogen and oxygen atoms in total. The number of rotatable bonds is 9. The predicted molar refractivity (Wildman–Crippen MR) is 141 cm³/mol. The summed E-state index contributed by atoms with van der Waals surface area (Å²) in [4.78, 5) is 24.1. The summed E-state index contributed by atoms with van der Waals surface area (Å²) in [6.45, 7) is 7.45. The van der Waals surface area contributed by atoms with Gasteiger partial charge in [-0.15, -0.1) is 11.8 Å². The Hall–Kier alpha value is -2.62. The maximum atomic E-state index is 4.74. The highest BCUT2D eigenvalue weighted by molar-refractivity contribution is 7.99. The molecule has 0 saturated carbocycles. The van der Waals surface area contributed by atoms with Crippen molar-refractivity contribution >= 4 is 40.7 Å². The van der Waals surface area contributed by atoms with Crippen LogP contribution >= 0.6 is 23.7 Å². The van der Waals surface area contributed by atoms with E-state index in [1.807, 2.05) is 54.9 Å². The van der Waals surface area contributed by atoms with Gasteiger partial charge >= 0.3 is 0 Å². The average molecular weight is 492 g/mol. The van der Waals surface area contributed by atoms with Crippen LogP contribution in [0.4, 0.5) is 5.95 Å². The highest BCUT2D eigenvalue weighted by Gasteiger charge is 2.19. The second-order valence-corrected chi connectivity index (χ2v) is 10.7. The Morgan fingerprint density at radius 1 is 0.882 bits per heavy atom. The van der Waals surface area contributed by atoms with Crippen LogP contribution in [-0.4, -0.2) is 67.3 Å². The molecule has 0 bridgehead atoms. The van der Waals surface area contributed by atoms with Crippen molar-refractivity contribution in [2.24, 2.45) is 0 Å². The molecule has 176 valence electrons. The molecule has 1 aliphatic heterocycles. The van der Waals surface area contributed by atoms with E-state index in [0.717, 1.165) is 67.6 Å². The van der Waals surface area contributed by atoms with Gasteiger partial charge in [0.2, 0.25) is 5.95 Å². The Morgan fingerprint density at radius 2 is 1.68 bits per heavy atom. The van der Waals surface area contributed by atoms with Crippen molar-refractivity contribution in [1.82, 2.24) is 28.8 Å². The maximum absolute atomic E-state index is 4.74. The fraction of sp³-hybridized carbons (Fsp3) is 0.360. The molecule has 4 heterocycles. The summed E-state index contributed by atoms with van der Waals surface area (Å²) >= 11 is 3.68. The number of fused-ring (bicyclic) bond motifs is 1. The molecule has 0 radical (unpaired) electrons. The van der Waals surface area contributed by atoms with Gasteiger partial charge in [-0.1, -0.05) is 12.1 Å². The first-order valence-corrected chi connectivity index (χ1v) is 13.5. The number of nitrogens with zero attached hydrogens (tertiary/aromatic N) is 7. The van der Waals surface area contributed by atoms with Gasteiger partial charge in [0.15, 0.2) is 0 Å². The van der Waals surface area contributed by atoms with Crippen molar-refractivity contribution in [2.45, 2.75) is 23.5 Å². The first kappa shape index (κ1) is 23.1. The summed E-state index contributed by atoms with van der Waals surface area (Å²) in [5, 5.41) is 0.231. The zero-order valence-corrected chi connectivity index (χ0v) is 21.0. The van der Waals surface area contributed by atoms with Crippen LogP contribution in [0.5, 0.6) is 0 Å². The zero-order valence-electron chi connectivity index (χ0n) is 19.3.